The van der Waals surface area contributed by atoms with Crippen molar-refractivity contribution in [2.75, 3.05) is 32.7 Å². The number of methoxy groups -OCH3 is 2. The van der Waals surface area contributed by atoms with Crippen LogP contribution in [0.1, 0.15) is 57.3 Å². The van der Waals surface area contributed by atoms with E-state index in [9.17, 15) is 14.4 Å². The average Bonchev–Trinajstić information content (AvgIpc) is 3.18. The van der Waals surface area contributed by atoms with E-state index < -0.39 is 12.1 Å². The highest BCUT2D eigenvalue weighted by molar-refractivity contribution is 7.17. The van der Waals surface area contributed by atoms with Crippen molar-refractivity contribution in [2.45, 2.75) is 39.2 Å². The van der Waals surface area contributed by atoms with Gasteiger partial charge in [-0.2, -0.15) is 0 Å². The first-order valence-electron chi connectivity index (χ1n) is 10.6. The molecule has 9 heteroatoms. The molecule has 1 aromatic carbocycles. The zero-order valence-corrected chi connectivity index (χ0v) is 19.4. The number of nitrogens with one attached hydrogen (secondary N) is 1. The zero-order valence-electron chi connectivity index (χ0n) is 18.6. The number of fused-ring (bicyclic) bond motifs is 1. The summed E-state index contributed by atoms with van der Waals surface area (Å²) in [5.74, 6) is -0.140. The summed E-state index contributed by atoms with van der Waals surface area (Å²) in [5.41, 5.74) is 1.60. The molecule has 0 unspecified atom stereocenters. The van der Waals surface area contributed by atoms with Crippen molar-refractivity contribution in [3.05, 3.63) is 45.8 Å². The summed E-state index contributed by atoms with van der Waals surface area (Å²) in [6.45, 7) is 3.52. The lowest BCUT2D eigenvalue weighted by Crippen LogP contribution is -2.35. The first-order valence-corrected chi connectivity index (χ1v) is 11.4. The number of benzene rings is 1. The molecule has 0 aliphatic carbocycles. The number of carbonyl (C=O) groups excluding carboxylic acids is 3. The highest BCUT2D eigenvalue weighted by Gasteiger charge is 2.31. The van der Waals surface area contributed by atoms with Crippen molar-refractivity contribution in [3.63, 3.8) is 0 Å². The van der Waals surface area contributed by atoms with Gasteiger partial charge in [-0.1, -0.05) is 19.8 Å². The topological polar surface area (TPSA) is 94.2 Å². The second-order valence-electron chi connectivity index (χ2n) is 7.38. The number of thiophene rings is 1. The summed E-state index contributed by atoms with van der Waals surface area (Å²) >= 11 is 1.27. The Bertz CT molecular complexity index is 970. The van der Waals surface area contributed by atoms with Crippen molar-refractivity contribution in [1.82, 2.24) is 4.90 Å². The third-order valence-corrected chi connectivity index (χ3v) is 6.37. The molecule has 0 fully saturated rings. The number of unbranched alkanes of at least 4 members (excludes halogenated alkanes) is 2. The van der Waals surface area contributed by atoms with Crippen LogP contribution in [0.3, 0.4) is 0 Å². The number of amides is 2. The Morgan fingerprint density at radius 2 is 1.84 bits per heavy atom. The molecular weight excluding hydrogens is 432 g/mol. The molecule has 0 radical (unpaired) electrons. The maximum atomic E-state index is 12.8. The molecule has 1 N–H and O–H groups in total. The van der Waals surface area contributed by atoms with E-state index in [-0.39, 0.29) is 5.91 Å². The van der Waals surface area contributed by atoms with Crippen LogP contribution in [0.5, 0.6) is 5.75 Å². The van der Waals surface area contributed by atoms with E-state index >= 15 is 0 Å². The van der Waals surface area contributed by atoms with Crippen LogP contribution in [-0.2, 0) is 22.4 Å². The van der Waals surface area contributed by atoms with Crippen molar-refractivity contribution in [1.29, 1.82) is 0 Å². The molecule has 2 heterocycles. The van der Waals surface area contributed by atoms with Crippen LogP contribution in [-0.4, -0.2) is 50.2 Å². The van der Waals surface area contributed by atoms with Gasteiger partial charge in [-0.05, 0) is 42.7 Å². The summed E-state index contributed by atoms with van der Waals surface area (Å²) in [6, 6.07) is 6.90. The van der Waals surface area contributed by atoms with Gasteiger partial charge < -0.3 is 24.4 Å². The van der Waals surface area contributed by atoms with Crippen molar-refractivity contribution in [3.8, 4) is 5.75 Å². The Kier molecular flexibility index (Phi) is 8.10. The Morgan fingerprint density at radius 1 is 1.09 bits per heavy atom. The van der Waals surface area contributed by atoms with E-state index in [1.54, 1.807) is 29.2 Å². The number of carbonyl (C=O) groups is 3. The van der Waals surface area contributed by atoms with Crippen LogP contribution < -0.4 is 10.1 Å². The predicted molar refractivity (Wildman–Crippen MR) is 122 cm³/mol. The summed E-state index contributed by atoms with van der Waals surface area (Å²) < 4.78 is 15.4. The molecule has 0 saturated carbocycles. The lowest BCUT2D eigenvalue weighted by molar-refractivity contribution is 0.0600. The van der Waals surface area contributed by atoms with Crippen molar-refractivity contribution in [2.24, 2.45) is 0 Å². The highest BCUT2D eigenvalue weighted by Crippen LogP contribution is 2.38. The number of nitrogens with zero attached hydrogens (tertiary/aromatic N) is 1. The van der Waals surface area contributed by atoms with Gasteiger partial charge in [-0.3, -0.25) is 4.79 Å². The van der Waals surface area contributed by atoms with Crippen LogP contribution in [0.15, 0.2) is 24.3 Å². The SMILES string of the molecule is CCCCCOc1ccc(C(=O)Nc2sc3c(c2C(=O)OC)CCN(C(=O)OC)C3)cc1. The van der Waals surface area contributed by atoms with E-state index in [2.05, 4.69) is 12.2 Å². The average molecular weight is 461 g/mol. The van der Waals surface area contributed by atoms with E-state index in [0.29, 0.717) is 48.0 Å². The monoisotopic (exact) mass is 460 g/mol. The number of rotatable bonds is 8. The van der Waals surface area contributed by atoms with Crippen LogP contribution in [0.25, 0.3) is 0 Å². The Morgan fingerprint density at radius 3 is 2.50 bits per heavy atom. The van der Waals surface area contributed by atoms with Gasteiger partial charge in [0.25, 0.3) is 5.91 Å². The van der Waals surface area contributed by atoms with Crippen molar-refractivity contribution >= 4 is 34.3 Å². The predicted octanol–water partition coefficient (Wildman–Crippen LogP) is 4.48. The van der Waals surface area contributed by atoms with Crippen molar-refractivity contribution < 1.29 is 28.6 Å². The summed E-state index contributed by atoms with van der Waals surface area (Å²) in [4.78, 5) is 39.6. The molecule has 3 rings (SSSR count). The van der Waals surface area contributed by atoms with Gasteiger partial charge in [-0.25, -0.2) is 9.59 Å². The van der Waals surface area contributed by atoms with Gasteiger partial charge in [-0.15, -0.1) is 11.3 Å². The van der Waals surface area contributed by atoms with E-state index in [1.807, 2.05) is 0 Å². The van der Waals surface area contributed by atoms with Gasteiger partial charge in [0.15, 0.2) is 0 Å². The molecule has 1 aromatic heterocycles. The molecule has 0 spiro atoms. The molecule has 0 saturated heterocycles. The van der Waals surface area contributed by atoms with Gasteiger partial charge >= 0.3 is 12.1 Å². The smallest absolute Gasteiger partial charge is 0.409 e. The molecular formula is C23H28N2O6S. The highest BCUT2D eigenvalue weighted by atomic mass is 32.1. The van der Waals surface area contributed by atoms with Crippen LogP contribution >= 0.6 is 11.3 Å². The maximum Gasteiger partial charge on any atom is 0.409 e. The molecule has 2 amide bonds. The summed E-state index contributed by atoms with van der Waals surface area (Å²) in [5, 5.41) is 3.26. The number of hydrogen-bond acceptors (Lipinski definition) is 7. The lowest BCUT2D eigenvalue weighted by Gasteiger charge is -2.25. The standard InChI is InChI=1S/C23H28N2O6S/c1-4-5-6-13-31-16-9-7-15(8-10-16)20(26)24-21-19(22(27)29-2)17-11-12-25(23(28)30-3)14-18(17)32-21/h7-10H,4-6,11-14H2,1-3H3,(H,24,26). The quantitative estimate of drug-likeness (QED) is 0.461. The molecule has 1 aliphatic rings. The first kappa shape index (κ1) is 23.6. The van der Waals surface area contributed by atoms with Crippen LogP contribution in [0.2, 0.25) is 0 Å². The molecule has 0 bridgehead atoms. The second kappa shape index (κ2) is 11.0. The van der Waals surface area contributed by atoms with Crippen LogP contribution in [0.4, 0.5) is 9.80 Å². The number of ether oxygens (including phenoxy) is 3. The molecule has 0 atom stereocenters. The fourth-order valence-electron chi connectivity index (χ4n) is 3.51. The third-order valence-electron chi connectivity index (χ3n) is 5.24. The number of hydrogen-bond donors (Lipinski definition) is 1. The fraction of sp³-hybridized carbons (Fsp3) is 0.435. The number of esters is 1. The third kappa shape index (κ3) is 5.40. The molecule has 1 aliphatic heterocycles. The van der Waals surface area contributed by atoms with Gasteiger partial charge in [0.1, 0.15) is 10.8 Å². The minimum absolute atomic E-state index is 0.316. The number of anilines is 1. The fourth-order valence-corrected chi connectivity index (χ4v) is 4.76. The Labute approximate surface area is 191 Å². The van der Waals surface area contributed by atoms with Gasteiger partial charge in [0.2, 0.25) is 0 Å². The minimum Gasteiger partial charge on any atom is -0.494 e. The van der Waals surface area contributed by atoms with E-state index in [4.69, 9.17) is 14.2 Å². The summed E-state index contributed by atoms with van der Waals surface area (Å²) in [7, 11) is 2.64. The largest absolute Gasteiger partial charge is 0.494 e. The molecule has 8 nitrogen and oxygen atoms in total. The Hall–Kier alpha value is -3.07. The first-order chi connectivity index (χ1) is 15.5. The van der Waals surface area contributed by atoms with E-state index in [0.717, 1.165) is 29.7 Å². The molecule has 172 valence electrons. The maximum absolute atomic E-state index is 12.8. The lowest BCUT2D eigenvalue weighted by atomic mass is 10.0. The summed E-state index contributed by atoms with van der Waals surface area (Å²) in [6.07, 6.45) is 3.29. The molecule has 2 aromatic rings. The van der Waals surface area contributed by atoms with Gasteiger partial charge in [0, 0.05) is 17.0 Å². The second-order valence-corrected chi connectivity index (χ2v) is 8.48. The van der Waals surface area contributed by atoms with E-state index in [1.165, 1.54) is 25.6 Å². The van der Waals surface area contributed by atoms with Gasteiger partial charge in [0.05, 0.1) is 32.9 Å². The Balaban J connectivity index is 1.75. The molecule has 32 heavy (non-hydrogen) atoms. The minimum atomic E-state index is -0.514. The zero-order chi connectivity index (χ0) is 23.1. The normalized spacial score (nSPS) is 12.7. The van der Waals surface area contributed by atoms with Crippen LogP contribution in [0, 0.1) is 0 Å².